The Labute approximate surface area is 116 Å². The lowest BCUT2D eigenvalue weighted by atomic mass is 10.2. The molecular weight excluding hydrogens is 513 g/mol. The van der Waals surface area contributed by atoms with Crippen LogP contribution in [0.2, 0.25) is 0 Å². The van der Waals surface area contributed by atoms with Crippen LogP contribution in [0.3, 0.4) is 0 Å². The zero-order valence-electron chi connectivity index (χ0n) is 6.05. The van der Waals surface area contributed by atoms with Gasteiger partial charge in [0, 0.05) is 3.57 Å². The fraction of sp³-hybridized carbons (Fsp3) is 0. The van der Waals surface area contributed by atoms with Gasteiger partial charge in [-0.1, -0.05) is 0 Å². The quantitative estimate of drug-likeness (QED) is 0.615. The Balaban J connectivity index is 3.38. The molecule has 1 aromatic carbocycles. The molecule has 0 amide bonds. The summed E-state index contributed by atoms with van der Waals surface area (Å²) in [5, 5.41) is 8.82. The van der Waals surface area contributed by atoms with E-state index in [1.165, 1.54) is 0 Å². The predicted molar refractivity (Wildman–Crippen MR) is 73.5 cm³/mol. The van der Waals surface area contributed by atoms with E-state index < -0.39 is 5.97 Å². The second kappa shape index (κ2) is 4.96. The molecule has 0 atom stereocenters. The predicted octanol–water partition coefficient (Wildman–Crippen LogP) is 3.32. The lowest BCUT2D eigenvalue weighted by Gasteiger charge is -2.06. The molecular formula is C7H3I3O3. The van der Waals surface area contributed by atoms with Crippen molar-refractivity contribution in [1.29, 1.82) is 0 Å². The second-order valence-electron chi connectivity index (χ2n) is 2.12. The van der Waals surface area contributed by atoms with E-state index in [4.69, 9.17) is 8.17 Å². The minimum absolute atomic E-state index is 0.194. The number of benzene rings is 1. The van der Waals surface area contributed by atoms with E-state index in [9.17, 15) is 4.79 Å². The van der Waals surface area contributed by atoms with Crippen LogP contribution in [0.1, 0.15) is 10.4 Å². The Bertz CT molecular complexity index is 351. The minimum Gasteiger partial charge on any atom is -0.478 e. The number of rotatable bonds is 2. The van der Waals surface area contributed by atoms with Gasteiger partial charge >= 0.3 is 5.97 Å². The number of halogens is 3. The van der Waals surface area contributed by atoms with Gasteiger partial charge in [0.2, 0.25) is 0 Å². The van der Waals surface area contributed by atoms with E-state index in [0.29, 0.717) is 5.75 Å². The molecule has 70 valence electrons. The Kier molecular flexibility index (Phi) is 4.48. The van der Waals surface area contributed by atoms with E-state index in [1.807, 2.05) is 0 Å². The first kappa shape index (κ1) is 11.8. The smallest absolute Gasteiger partial charge is 0.339 e. The molecule has 0 unspecified atom stereocenters. The second-order valence-corrected chi connectivity index (χ2v) is 4.80. The first-order chi connectivity index (χ1) is 6.07. The van der Waals surface area contributed by atoms with Crippen molar-refractivity contribution in [3.8, 4) is 5.75 Å². The number of carboxylic acid groups (broad SMARTS) is 1. The lowest BCUT2D eigenvalue weighted by Crippen LogP contribution is -2.00. The number of carbonyl (C=O) groups is 1. The summed E-state index contributed by atoms with van der Waals surface area (Å²) in [6.07, 6.45) is 0. The fourth-order valence-electron chi connectivity index (χ4n) is 0.776. The van der Waals surface area contributed by atoms with Gasteiger partial charge in [0.15, 0.2) is 28.8 Å². The van der Waals surface area contributed by atoms with Crippen molar-refractivity contribution in [2.45, 2.75) is 0 Å². The Morgan fingerprint density at radius 1 is 1.38 bits per heavy atom. The molecule has 0 saturated heterocycles. The molecule has 0 heterocycles. The van der Waals surface area contributed by atoms with Gasteiger partial charge in [0.05, 0.1) is 3.57 Å². The van der Waals surface area contributed by atoms with Gasteiger partial charge in [0.1, 0.15) is 5.56 Å². The summed E-state index contributed by atoms with van der Waals surface area (Å²) in [6.45, 7) is 0. The van der Waals surface area contributed by atoms with Crippen LogP contribution in [-0.2, 0) is 0 Å². The molecule has 3 nitrogen and oxygen atoms in total. The zero-order chi connectivity index (χ0) is 10.0. The van der Waals surface area contributed by atoms with Crippen LogP contribution in [0.4, 0.5) is 0 Å². The third-order valence-electron chi connectivity index (χ3n) is 1.36. The average Bonchev–Trinajstić information content (AvgIpc) is 2.09. The Hall–Kier alpha value is 0.680. The van der Waals surface area contributed by atoms with Crippen LogP contribution in [0.25, 0.3) is 0 Å². The van der Waals surface area contributed by atoms with Gasteiger partial charge in [-0.3, -0.25) is 0 Å². The van der Waals surface area contributed by atoms with Gasteiger partial charge in [-0.2, -0.15) is 0 Å². The van der Waals surface area contributed by atoms with Crippen LogP contribution in [-0.4, -0.2) is 11.1 Å². The van der Waals surface area contributed by atoms with Gasteiger partial charge in [0.25, 0.3) is 0 Å². The molecule has 0 fully saturated rings. The van der Waals surface area contributed by atoms with Crippen molar-refractivity contribution in [1.82, 2.24) is 0 Å². The molecule has 0 saturated carbocycles. The Morgan fingerprint density at radius 2 is 2.00 bits per heavy atom. The van der Waals surface area contributed by atoms with Crippen LogP contribution >= 0.6 is 68.2 Å². The fourth-order valence-corrected chi connectivity index (χ4v) is 2.66. The van der Waals surface area contributed by atoms with Crippen molar-refractivity contribution in [2.24, 2.45) is 0 Å². The summed E-state index contributed by atoms with van der Waals surface area (Å²) in [5.74, 6) is -0.554. The van der Waals surface area contributed by atoms with Crippen LogP contribution < -0.4 is 3.07 Å². The van der Waals surface area contributed by atoms with Crippen LogP contribution in [0.15, 0.2) is 12.1 Å². The maximum atomic E-state index is 10.8. The highest BCUT2D eigenvalue weighted by Crippen LogP contribution is 2.31. The number of aromatic carboxylic acids is 1. The van der Waals surface area contributed by atoms with Crippen LogP contribution in [0, 0.1) is 7.14 Å². The van der Waals surface area contributed by atoms with E-state index in [1.54, 1.807) is 35.1 Å². The molecule has 0 aliphatic rings. The minimum atomic E-state index is -0.971. The maximum absolute atomic E-state index is 10.8. The number of carboxylic acids is 1. The zero-order valence-corrected chi connectivity index (χ0v) is 12.5. The van der Waals surface area contributed by atoms with E-state index in [-0.39, 0.29) is 5.56 Å². The average molecular weight is 516 g/mol. The van der Waals surface area contributed by atoms with Crippen molar-refractivity contribution in [3.63, 3.8) is 0 Å². The molecule has 0 radical (unpaired) electrons. The first-order valence-electron chi connectivity index (χ1n) is 3.07. The van der Waals surface area contributed by atoms with E-state index in [0.717, 1.165) is 7.14 Å². The summed E-state index contributed by atoms with van der Waals surface area (Å²) in [5.41, 5.74) is 0.194. The van der Waals surface area contributed by atoms with E-state index >= 15 is 0 Å². The topological polar surface area (TPSA) is 46.5 Å². The van der Waals surface area contributed by atoms with Crippen molar-refractivity contribution in [2.75, 3.05) is 0 Å². The summed E-state index contributed by atoms with van der Waals surface area (Å²) < 4.78 is 6.80. The normalized spacial score (nSPS) is 9.77. The molecule has 0 spiro atoms. The summed E-state index contributed by atoms with van der Waals surface area (Å²) in [4.78, 5) is 10.8. The molecule has 0 bridgehead atoms. The summed E-state index contributed by atoms with van der Waals surface area (Å²) in [7, 11) is 0. The summed E-state index contributed by atoms with van der Waals surface area (Å²) in [6, 6.07) is 3.30. The lowest BCUT2D eigenvalue weighted by molar-refractivity contribution is 0.0695. The highest BCUT2D eigenvalue weighted by molar-refractivity contribution is 14.1. The molecule has 0 aromatic heterocycles. The van der Waals surface area contributed by atoms with Crippen LogP contribution in [0.5, 0.6) is 5.75 Å². The molecule has 1 aromatic rings. The van der Waals surface area contributed by atoms with Crippen molar-refractivity contribution >= 4 is 74.2 Å². The van der Waals surface area contributed by atoms with Gasteiger partial charge < -0.3 is 8.17 Å². The Morgan fingerprint density at radius 3 is 2.46 bits per heavy atom. The van der Waals surface area contributed by atoms with E-state index in [2.05, 4.69) is 45.2 Å². The molecule has 13 heavy (non-hydrogen) atoms. The summed E-state index contributed by atoms with van der Waals surface area (Å²) >= 11 is 5.88. The SMILES string of the molecule is O=C(O)c1ccc(I)c(I)c1OI. The molecule has 1 N–H and O–H groups in total. The number of hydrogen-bond acceptors (Lipinski definition) is 2. The third-order valence-corrected chi connectivity index (χ3v) is 4.80. The number of hydrogen-bond donors (Lipinski definition) is 1. The third kappa shape index (κ3) is 2.58. The first-order valence-corrected chi connectivity index (χ1v) is 6.11. The van der Waals surface area contributed by atoms with Crippen molar-refractivity contribution < 1.29 is 13.0 Å². The molecule has 6 heteroatoms. The largest absolute Gasteiger partial charge is 0.478 e. The highest BCUT2D eigenvalue weighted by atomic mass is 127. The molecule has 0 aliphatic heterocycles. The maximum Gasteiger partial charge on any atom is 0.339 e. The monoisotopic (exact) mass is 516 g/mol. The molecule has 1 rings (SSSR count). The van der Waals surface area contributed by atoms with Gasteiger partial charge in [-0.25, -0.2) is 4.79 Å². The highest BCUT2D eigenvalue weighted by Gasteiger charge is 2.16. The molecule has 0 aliphatic carbocycles. The van der Waals surface area contributed by atoms with Crippen molar-refractivity contribution in [3.05, 3.63) is 24.8 Å². The standard InChI is InChI=1S/C7H3I3O3/c8-4-2-1-3(7(11)12)6(13-10)5(4)9/h1-2H,(H,11,12). The van der Waals surface area contributed by atoms with Gasteiger partial charge in [-0.15, -0.1) is 0 Å². The van der Waals surface area contributed by atoms with Gasteiger partial charge in [-0.05, 0) is 57.3 Å².